The van der Waals surface area contributed by atoms with Crippen molar-refractivity contribution in [1.29, 1.82) is 0 Å². The lowest BCUT2D eigenvalue weighted by atomic mass is 9.73. The fraction of sp³-hybridized carbons (Fsp3) is 1.00. The van der Waals surface area contributed by atoms with Crippen LogP contribution in [-0.2, 0) is 0 Å². The van der Waals surface area contributed by atoms with Crippen LogP contribution in [0.2, 0.25) is 0 Å². The van der Waals surface area contributed by atoms with Crippen LogP contribution in [0, 0.1) is 23.2 Å². The molecule has 88 valence electrons. The average molecular weight is 209 g/mol. The molecule has 1 N–H and O–H groups in total. The Labute approximate surface area is 95.0 Å². The maximum Gasteiger partial charge on any atom is -0.00150 e. The largest absolute Gasteiger partial charge is 0.316 e. The van der Waals surface area contributed by atoms with Gasteiger partial charge in [0.15, 0.2) is 0 Å². The summed E-state index contributed by atoms with van der Waals surface area (Å²) in [6, 6.07) is 0. The first-order valence-corrected chi connectivity index (χ1v) is 6.87. The molecule has 0 bridgehead atoms. The van der Waals surface area contributed by atoms with Crippen molar-refractivity contribution < 1.29 is 0 Å². The van der Waals surface area contributed by atoms with E-state index in [0.29, 0.717) is 0 Å². The van der Waals surface area contributed by atoms with E-state index in [2.05, 4.69) is 26.1 Å². The smallest absolute Gasteiger partial charge is 0.00150 e. The molecule has 0 aromatic carbocycles. The molecule has 3 unspecified atom stereocenters. The van der Waals surface area contributed by atoms with Crippen LogP contribution in [0.25, 0.3) is 0 Å². The molecule has 0 radical (unpaired) electrons. The van der Waals surface area contributed by atoms with Crippen LogP contribution >= 0.6 is 0 Å². The second kappa shape index (κ2) is 4.45. The Bertz CT molecular complexity index is 201. The number of nitrogens with one attached hydrogen (secondary N) is 1. The molecule has 0 saturated heterocycles. The van der Waals surface area contributed by atoms with Gasteiger partial charge in [-0.1, -0.05) is 20.8 Å². The van der Waals surface area contributed by atoms with Gasteiger partial charge in [-0.2, -0.15) is 0 Å². The summed E-state index contributed by atoms with van der Waals surface area (Å²) in [4.78, 5) is 0. The van der Waals surface area contributed by atoms with E-state index in [9.17, 15) is 0 Å². The van der Waals surface area contributed by atoms with Crippen LogP contribution < -0.4 is 5.32 Å². The highest BCUT2D eigenvalue weighted by Gasteiger charge is 2.55. The van der Waals surface area contributed by atoms with E-state index in [4.69, 9.17) is 0 Å². The molecule has 2 aliphatic carbocycles. The SMILES string of the molecule is CCCNCC1CC12CC(C)CC(C)C2. The van der Waals surface area contributed by atoms with Crippen molar-refractivity contribution in [3.05, 3.63) is 0 Å². The highest BCUT2D eigenvalue weighted by atomic mass is 14.9. The Morgan fingerprint density at radius 3 is 2.40 bits per heavy atom. The summed E-state index contributed by atoms with van der Waals surface area (Å²) in [6.45, 7) is 9.64. The van der Waals surface area contributed by atoms with E-state index in [-0.39, 0.29) is 0 Å². The van der Waals surface area contributed by atoms with Crippen molar-refractivity contribution in [3.63, 3.8) is 0 Å². The van der Waals surface area contributed by atoms with Crippen LogP contribution in [-0.4, -0.2) is 13.1 Å². The van der Waals surface area contributed by atoms with E-state index in [1.54, 1.807) is 0 Å². The average Bonchev–Trinajstić information content (AvgIpc) is 2.76. The Morgan fingerprint density at radius 1 is 1.13 bits per heavy atom. The molecule has 2 saturated carbocycles. The van der Waals surface area contributed by atoms with Gasteiger partial charge in [0.2, 0.25) is 0 Å². The van der Waals surface area contributed by atoms with E-state index in [1.807, 2.05) is 0 Å². The van der Waals surface area contributed by atoms with Crippen molar-refractivity contribution in [3.8, 4) is 0 Å². The predicted octanol–water partition coefficient (Wildman–Crippen LogP) is 3.45. The van der Waals surface area contributed by atoms with Gasteiger partial charge < -0.3 is 5.32 Å². The normalized spacial score (nSPS) is 44.6. The molecule has 0 amide bonds. The summed E-state index contributed by atoms with van der Waals surface area (Å²) < 4.78 is 0. The van der Waals surface area contributed by atoms with Gasteiger partial charge in [0, 0.05) is 0 Å². The summed E-state index contributed by atoms with van der Waals surface area (Å²) in [6.07, 6.45) is 7.27. The minimum Gasteiger partial charge on any atom is -0.316 e. The molecule has 0 aromatic rings. The zero-order valence-corrected chi connectivity index (χ0v) is 10.7. The third kappa shape index (κ3) is 2.55. The molecule has 2 aliphatic rings. The van der Waals surface area contributed by atoms with Crippen LogP contribution in [0.4, 0.5) is 0 Å². The molecule has 1 heteroatoms. The molecule has 0 aromatic heterocycles. The van der Waals surface area contributed by atoms with Gasteiger partial charge in [0.05, 0.1) is 0 Å². The Balaban J connectivity index is 1.78. The molecule has 15 heavy (non-hydrogen) atoms. The molecule has 1 nitrogen and oxygen atoms in total. The van der Waals surface area contributed by atoms with Crippen LogP contribution in [0.1, 0.15) is 52.9 Å². The minimum absolute atomic E-state index is 0.776. The Hall–Kier alpha value is -0.0400. The first-order chi connectivity index (χ1) is 7.16. The second-order valence-corrected chi connectivity index (χ2v) is 6.32. The van der Waals surface area contributed by atoms with Crippen molar-refractivity contribution in [1.82, 2.24) is 5.32 Å². The lowest BCUT2D eigenvalue weighted by Gasteiger charge is -2.32. The third-order valence-corrected chi connectivity index (χ3v) is 4.49. The lowest BCUT2D eigenvalue weighted by molar-refractivity contribution is 0.184. The summed E-state index contributed by atoms with van der Waals surface area (Å²) in [5, 5.41) is 3.60. The molecular formula is C14H27N. The molecule has 2 rings (SSSR count). The molecule has 2 fully saturated rings. The van der Waals surface area contributed by atoms with E-state index in [1.165, 1.54) is 45.2 Å². The Morgan fingerprint density at radius 2 is 1.80 bits per heavy atom. The van der Waals surface area contributed by atoms with Crippen molar-refractivity contribution >= 4 is 0 Å². The molecular weight excluding hydrogens is 182 g/mol. The monoisotopic (exact) mass is 209 g/mol. The van der Waals surface area contributed by atoms with Gasteiger partial charge in [-0.25, -0.2) is 0 Å². The summed E-state index contributed by atoms with van der Waals surface area (Å²) in [5.74, 6) is 2.96. The van der Waals surface area contributed by atoms with Gasteiger partial charge in [-0.3, -0.25) is 0 Å². The highest BCUT2D eigenvalue weighted by Crippen LogP contribution is 2.63. The summed E-state index contributed by atoms with van der Waals surface area (Å²) in [5.41, 5.74) is 0.776. The molecule has 0 aliphatic heterocycles. The first-order valence-electron chi connectivity index (χ1n) is 6.87. The Kier molecular flexibility index (Phi) is 3.39. The predicted molar refractivity (Wildman–Crippen MR) is 65.9 cm³/mol. The maximum absolute atomic E-state index is 3.60. The minimum atomic E-state index is 0.776. The zero-order chi connectivity index (χ0) is 10.9. The van der Waals surface area contributed by atoms with Crippen LogP contribution in [0.3, 0.4) is 0 Å². The zero-order valence-electron chi connectivity index (χ0n) is 10.7. The van der Waals surface area contributed by atoms with Gasteiger partial charge in [-0.15, -0.1) is 0 Å². The summed E-state index contributed by atoms with van der Waals surface area (Å²) in [7, 11) is 0. The van der Waals surface area contributed by atoms with Crippen LogP contribution in [0.15, 0.2) is 0 Å². The third-order valence-electron chi connectivity index (χ3n) is 4.49. The van der Waals surface area contributed by atoms with Crippen molar-refractivity contribution in [2.24, 2.45) is 23.2 Å². The van der Waals surface area contributed by atoms with E-state index in [0.717, 1.165) is 23.2 Å². The van der Waals surface area contributed by atoms with Gasteiger partial charge in [-0.05, 0) is 68.4 Å². The maximum atomic E-state index is 3.60. The van der Waals surface area contributed by atoms with Gasteiger partial charge in [0.25, 0.3) is 0 Å². The van der Waals surface area contributed by atoms with E-state index < -0.39 is 0 Å². The highest BCUT2D eigenvalue weighted by molar-refractivity contribution is 5.06. The molecule has 3 atom stereocenters. The van der Waals surface area contributed by atoms with E-state index >= 15 is 0 Å². The summed E-state index contributed by atoms with van der Waals surface area (Å²) >= 11 is 0. The first kappa shape index (κ1) is 11.4. The van der Waals surface area contributed by atoms with Crippen molar-refractivity contribution in [2.75, 3.05) is 13.1 Å². The van der Waals surface area contributed by atoms with Gasteiger partial charge >= 0.3 is 0 Å². The quantitative estimate of drug-likeness (QED) is 0.699. The fourth-order valence-corrected chi connectivity index (χ4v) is 4.00. The fourth-order valence-electron chi connectivity index (χ4n) is 4.00. The van der Waals surface area contributed by atoms with Crippen molar-refractivity contribution in [2.45, 2.75) is 52.9 Å². The van der Waals surface area contributed by atoms with Gasteiger partial charge in [0.1, 0.15) is 0 Å². The molecule has 1 spiro atoms. The standard InChI is InChI=1S/C14H27N/c1-4-5-15-10-13-9-14(13)7-11(2)6-12(3)8-14/h11-13,15H,4-10H2,1-3H3. The lowest BCUT2D eigenvalue weighted by Crippen LogP contribution is -2.26. The number of hydrogen-bond donors (Lipinski definition) is 1. The number of rotatable bonds is 4. The second-order valence-electron chi connectivity index (χ2n) is 6.32. The molecule has 0 heterocycles. The van der Waals surface area contributed by atoms with Crippen LogP contribution in [0.5, 0.6) is 0 Å². The topological polar surface area (TPSA) is 12.0 Å². The number of hydrogen-bond acceptors (Lipinski definition) is 1.